The molecule has 1 atom stereocenters. The fourth-order valence-electron chi connectivity index (χ4n) is 7.96. The van der Waals surface area contributed by atoms with Crippen LogP contribution in [-0.4, -0.2) is 0 Å². The van der Waals surface area contributed by atoms with Gasteiger partial charge in [-0.2, -0.15) is 0 Å². The number of anilines is 3. The molecule has 8 aromatic carbocycles. The van der Waals surface area contributed by atoms with Gasteiger partial charge < -0.3 is 14.6 Å². The van der Waals surface area contributed by atoms with E-state index in [9.17, 15) is 0 Å². The van der Waals surface area contributed by atoms with Crippen LogP contribution in [0.5, 0.6) is 0 Å². The molecule has 1 unspecified atom stereocenters. The van der Waals surface area contributed by atoms with Crippen molar-refractivity contribution in [2.45, 2.75) is 13.1 Å². The molecule has 3 heteroatoms. The molecule has 1 aromatic heterocycles. The summed E-state index contributed by atoms with van der Waals surface area (Å²) in [5, 5.41) is 11.3. The lowest BCUT2D eigenvalue weighted by atomic mass is 9.95. The number of benzene rings is 8. The number of nitrogens with one attached hydrogen (secondary N) is 1. The standard InChI is InChI=1S/C46H32N2O/c1-29-24-26-39(45-42(29)38-22-12-13-23-41(38)49-45)46-47-43-36-20-10-8-18-34(36)35-19-9-11-21-37(35)44(43)48(46)40-28-32(30-14-4-2-5-15-30)25-27-33(40)31-16-6-3-7-17-31/h2-28,46-47H,1H3. The molecule has 0 saturated carbocycles. The maximum absolute atomic E-state index is 6.78. The number of nitrogens with zero attached hydrogens (tertiary/aromatic N) is 1. The number of aryl methyl sites for hydroxylation is 1. The van der Waals surface area contributed by atoms with Gasteiger partial charge in [-0.25, -0.2) is 0 Å². The van der Waals surface area contributed by atoms with E-state index >= 15 is 0 Å². The lowest BCUT2D eigenvalue weighted by Gasteiger charge is -2.31. The average molecular weight is 629 g/mol. The molecule has 0 fully saturated rings. The van der Waals surface area contributed by atoms with E-state index in [-0.39, 0.29) is 6.17 Å². The Hall–Kier alpha value is -6.32. The maximum Gasteiger partial charge on any atom is 0.142 e. The number of fused-ring (bicyclic) bond motifs is 9. The molecule has 1 N–H and O–H groups in total. The molecule has 1 aliphatic rings. The van der Waals surface area contributed by atoms with Crippen molar-refractivity contribution in [2.24, 2.45) is 0 Å². The SMILES string of the molecule is Cc1ccc(C2Nc3c(c4ccccc4c4ccccc34)N2c2cc(-c3ccccc3)ccc2-c2ccccc2)c2oc3ccccc3c12. The molecule has 3 nitrogen and oxygen atoms in total. The highest BCUT2D eigenvalue weighted by Gasteiger charge is 2.37. The molecular formula is C46H32N2O. The van der Waals surface area contributed by atoms with Gasteiger partial charge in [0.15, 0.2) is 0 Å². The first kappa shape index (κ1) is 27.8. The molecule has 2 heterocycles. The summed E-state index contributed by atoms with van der Waals surface area (Å²) in [6.07, 6.45) is -0.249. The van der Waals surface area contributed by atoms with E-state index in [1.807, 2.05) is 0 Å². The third kappa shape index (κ3) is 4.22. The van der Waals surface area contributed by atoms with Crippen LogP contribution < -0.4 is 10.2 Å². The van der Waals surface area contributed by atoms with E-state index in [2.05, 4.69) is 181 Å². The summed E-state index contributed by atoms with van der Waals surface area (Å²) in [6.45, 7) is 2.18. The zero-order chi connectivity index (χ0) is 32.5. The second-order valence-corrected chi connectivity index (χ2v) is 13.0. The smallest absolute Gasteiger partial charge is 0.142 e. The molecule has 232 valence electrons. The highest BCUT2D eigenvalue weighted by Crippen LogP contribution is 2.56. The fraction of sp³-hybridized carbons (Fsp3) is 0.0435. The van der Waals surface area contributed by atoms with Crippen LogP contribution in [0.25, 0.3) is 65.7 Å². The summed E-state index contributed by atoms with van der Waals surface area (Å²) in [4.78, 5) is 2.54. The predicted octanol–water partition coefficient (Wildman–Crippen LogP) is 12.8. The van der Waals surface area contributed by atoms with E-state index in [1.165, 1.54) is 60.4 Å². The van der Waals surface area contributed by atoms with Gasteiger partial charge in [0, 0.05) is 32.7 Å². The molecule has 0 aliphatic carbocycles. The van der Waals surface area contributed by atoms with E-state index in [4.69, 9.17) is 4.42 Å². The number of rotatable bonds is 4. The van der Waals surface area contributed by atoms with Crippen LogP contribution in [-0.2, 0) is 0 Å². The molecule has 1 aliphatic heterocycles. The summed E-state index contributed by atoms with van der Waals surface area (Å²) in [7, 11) is 0. The second kappa shape index (κ2) is 10.9. The van der Waals surface area contributed by atoms with E-state index in [0.29, 0.717) is 0 Å². The Morgan fingerprint density at radius 3 is 1.90 bits per heavy atom. The first-order valence-corrected chi connectivity index (χ1v) is 16.9. The molecule has 9 aromatic rings. The van der Waals surface area contributed by atoms with Gasteiger partial charge >= 0.3 is 0 Å². The summed E-state index contributed by atoms with van der Waals surface area (Å²) in [5.74, 6) is 0. The quantitative estimate of drug-likeness (QED) is 0.197. The predicted molar refractivity (Wildman–Crippen MR) is 206 cm³/mol. The Morgan fingerprint density at radius 2 is 1.14 bits per heavy atom. The molecule has 0 spiro atoms. The van der Waals surface area contributed by atoms with Gasteiger partial charge in [0.05, 0.1) is 17.1 Å². The Kier molecular flexibility index (Phi) is 6.16. The van der Waals surface area contributed by atoms with E-state index in [0.717, 1.165) is 33.5 Å². The molecular weight excluding hydrogens is 597 g/mol. The van der Waals surface area contributed by atoms with Crippen LogP contribution in [0.1, 0.15) is 17.3 Å². The molecule has 0 bridgehead atoms. The minimum absolute atomic E-state index is 0.249. The van der Waals surface area contributed by atoms with Gasteiger partial charge in [0.1, 0.15) is 17.3 Å². The van der Waals surface area contributed by atoms with E-state index < -0.39 is 0 Å². The monoisotopic (exact) mass is 628 g/mol. The van der Waals surface area contributed by atoms with Gasteiger partial charge in [0.2, 0.25) is 0 Å². The summed E-state index contributed by atoms with van der Waals surface area (Å²) in [6, 6.07) is 58.8. The number of para-hydroxylation sites is 1. The first-order valence-electron chi connectivity index (χ1n) is 16.9. The first-order chi connectivity index (χ1) is 24.2. The normalized spacial score (nSPS) is 14.1. The molecule has 0 saturated heterocycles. The molecule has 10 rings (SSSR count). The van der Waals surface area contributed by atoms with Crippen molar-refractivity contribution in [3.8, 4) is 22.3 Å². The number of hydrogen-bond donors (Lipinski definition) is 1. The van der Waals surface area contributed by atoms with Crippen molar-refractivity contribution in [1.82, 2.24) is 0 Å². The highest BCUT2D eigenvalue weighted by atomic mass is 16.3. The van der Waals surface area contributed by atoms with Crippen molar-refractivity contribution in [3.63, 3.8) is 0 Å². The van der Waals surface area contributed by atoms with Gasteiger partial charge in [-0.05, 0) is 52.1 Å². The van der Waals surface area contributed by atoms with Gasteiger partial charge in [-0.3, -0.25) is 0 Å². The summed E-state index contributed by atoms with van der Waals surface area (Å²) >= 11 is 0. The maximum atomic E-state index is 6.78. The summed E-state index contributed by atoms with van der Waals surface area (Å²) in [5.41, 5.74) is 12.3. The third-order valence-electron chi connectivity index (χ3n) is 10.2. The lowest BCUT2D eigenvalue weighted by molar-refractivity contribution is 0.655. The Labute approximate surface area is 284 Å². The van der Waals surface area contributed by atoms with Gasteiger partial charge in [-0.15, -0.1) is 0 Å². The number of hydrogen-bond acceptors (Lipinski definition) is 3. The lowest BCUT2D eigenvalue weighted by Crippen LogP contribution is -2.24. The molecule has 0 radical (unpaired) electrons. The third-order valence-corrected chi connectivity index (χ3v) is 10.2. The number of furan rings is 1. The Morgan fingerprint density at radius 1 is 0.531 bits per heavy atom. The van der Waals surface area contributed by atoms with Crippen LogP contribution in [0.3, 0.4) is 0 Å². The van der Waals surface area contributed by atoms with Crippen LogP contribution in [0.4, 0.5) is 17.1 Å². The van der Waals surface area contributed by atoms with Gasteiger partial charge in [0.25, 0.3) is 0 Å². The molecule has 49 heavy (non-hydrogen) atoms. The van der Waals surface area contributed by atoms with Crippen molar-refractivity contribution >= 4 is 60.5 Å². The van der Waals surface area contributed by atoms with Crippen molar-refractivity contribution in [1.29, 1.82) is 0 Å². The minimum Gasteiger partial charge on any atom is -0.456 e. The van der Waals surface area contributed by atoms with E-state index in [1.54, 1.807) is 0 Å². The Bertz CT molecular complexity index is 2710. The van der Waals surface area contributed by atoms with Crippen molar-refractivity contribution in [2.75, 3.05) is 10.2 Å². The average Bonchev–Trinajstić information content (AvgIpc) is 3.76. The largest absolute Gasteiger partial charge is 0.456 e. The summed E-state index contributed by atoms with van der Waals surface area (Å²) < 4.78 is 6.78. The van der Waals surface area contributed by atoms with Crippen molar-refractivity contribution in [3.05, 3.63) is 175 Å². The van der Waals surface area contributed by atoms with Crippen LogP contribution in [0, 0.1) is 6.92 Å². The second-order valence-electron chi connectivity index (χ2n) is 13.0. The zero-order valence-corrected chi connectivity index (χ0v) is 27.0. The van der Waals surface area contributed by atoms with Crippen LogP contribution in [0.15, 0.2) is 168 Å². The zero-order valence-electron chi connectivity index (χ0n) is 27.0. The van der Waals surface area contributed by atoms with Crippen LogP contribution in [0.2, 0.25) is 0 Å². The van der Waals surface area contributed by atoms with Crippen molar-refractivity contribution < 1.29 is 4.42 Å². The highest BCUT2D eigenvalue weighted by molar-refractivity contribution is 6.23. The van der Waals surface area contributed by atoms with Gasteiger partial charge in [-0.1, -0.05) is 152 Å². The topological polar surface area (TPSA) is 28.4 Å². The van der Waals surface area contributed by atoms with Crippen LogP contribution >= 0.6 is 0 Å². The minimum atomic E-state index is -0.249. The molecule has 0 amide bonds. The Balaban J connectivity index is 1.34. The fourth-order valence-corrected chi connectivity index (χ4v) is 7.96.